The zero-order valence-corrected chi connectivity index (χ0v) is 22.4. The molecule has 0 spiro atoms. The minimum atomic E-state index is 0.0632. The molecule has 0 bridgehead atoms. The second-order valence-corrected chi connectivity index (χ2v) is 11.0. The summed E-state index contributed by atoms with van der Waals surface area (Å²) >= 11 is 0. The Morgan fingerprint density at radius 2 is 1.05 bits per heavy atom. The van der Waals surface area contributed by atoms with Crippen molar-refractivity contribution in [2.24, 2.45) is 0 Å². The van der Waals surface area contributed by atoms with E-state index in [0.29, 0.717) is 0 Å². The minimum absolute atomic E-state index is 0.0632. The average molecular weight is 523 g/mol. The summed E-state index contributed by atoms with van der Waals surface area (Å²) in [6.07, 6.45) is 0.0632. The van der Waals surface area contributed by atoms with E-state index in [-0.39, 0.29) is 6.17 Å². The van der Waals surface area contributed by atoms with Crippen molar-refractivity contribution in [2.75, 3.05) is 10.2 Å². The second-order valence-electron chi connectivity index (χ2n) is 11.0. The third-order valence-corrected chi connectivity index (χ3v) is 8.80. The first-order chi connectivity index (χ1) is 20.4. The quantitative estimate of drug-likeness (QED) is 0.227. The van der Waals surface area contributed by atoms with Crippen LogP contribution in [0.4, 0.5) is 17.1 Å². The number of para-hydroxylation sites is 2. The third-order valence-electron chi connectivity index (χ3n) is 8.80. The van der Waals surface area contributed by atoms with E-state index in [1.807, 2.05) is 0 Å². The predicted octanol–water partition coefficient (Wildman–Crippen LogP) is 10.6. The lowest BCUT2D eigenvalue weighted by Gasteiger charge is -2.35. The van der Waals surface area contributed by atoms with Crippen LogP contribution in [0.15, 0.2) is 146 Å². The van der Waals surface area contributed by atoms with Gasteiger partial charge in [0.1, 0.15) is 6.17 Å². The SMILES string of the molecule is c1ccc(-c2c(-c3ccc4c(c3)N3c5ccccc5NC3c3ccccc3-4)c3ccccc3c3ccccc23)cc1. The first kappa shape index (κ1) is 22.5. The highest BCUT2D eigenvalue weighted by Gasteiger charge is 2.37. The van der Waals surface area contributed by atoms with Gasteiger partial charge in [-0.3, -0.25) is 0 Å². The summed E-state index contributed by atoms with van der Waals surface area (Å²) < 4.78 is 0. The molecular formula is C39H26N2. The normalized spacial score (nSPS) is 14.7. The molecule has 2 heterocycles. The number of anilines is 3. The molecule has 0 aromatic heterocycles. The zero-order chi connectivity index (χ0) is 26.9. The smallest absolute Gasteiger partial charge is 0.131 e. The van der Waals surface area contributed by atoms with Gasteiger partial charge in [0.25, 0.3) is 0 Å². The number of benzene rings is 7. The van der Waals surface area contributed by atoms with Gasteiger partial charge >= 0.3 is 0 Å². The van der Waals surface area contributed by atoms with Crippen molar-refractivity contribution < 1.29 is 0 Å². The van der Waals surface area contributed by atoms with Crippen LogP contribution in [0.5, 0.6) is 0 Å². The fourth-order valence-electron chi connectivity index (χ4n) is 7.08. The van der Waals surface area contributed by atoms with Crippen LogP contribution < -0.4 is 10.2 Å². The Labute approximate surface area is 239 Å². The molecule has 1 unspecified atom stereocenters. The first-order valence-electron chi connectivity index (χ1n) is 14.2. The van der Waals surface area contributed by atoms with E-state index in [2.05, 4.69) is 156 Å². The Bertz CT molecular complexity index is 2140. The van der Waals surface area contributed by atoms with E-state index < -0.39 is 0 Å². The number of nitrogens with one attached hydrogen (secondary N) is 1. The van der Waals surface area contributed by atoms with Gasteiger partial charge < -0.3 is 10.2 Å². The maximum absolute atomic E-state index is 3.81. The molecule has 0 radical (unpaired) electrons. The fraction of sp³-hybridized carbons (Fsp3) is 0.0256. The molecule has 0 amide bonds. The van der Waals surface area contributed by atoms with E-state index in [0.717, 1.165) is 0 Å². The first-order valence-corrected chi connectivity index (χ1v) is 14.2. The van der Waals surface area contributed by atoms with Crippen molar-refractivity contribution in [2.45, 2.75) is 6.17 Å². The Kier molecular flexibility index (Phi) is 4.70. The molecule has 2 nitrogen and oxygen atoms in total. The van der Waals surface area contributed by atoms with Gasteiger partial charge in [0, 0.05) is 11.1 Å². The fourth-order valence-corrected chi connectivity index (χ4v) is 7.08. The lowest BCUT2D eigenvalue weighted by molar-refractivity contribution is 0.819. The van der Waals surface area contributed by atoms with Gasteiger partial charge in [0.05, 0.1) is 17.1 Å². The molecular weight excluding hydrogens is 496 g/mol. The van der Waals surface area contributed by atoms with Crippen molar-refractivity contribution in [1.29, 1.82) is 0 Å². The summed E-state index contributed by atoms with van der Waals surface area (Å²) in [7, 11) is 0. The largest absolute Gasteiger partial charge is 0.359 e. The molecule has 9 rings (SSSR count). The van der Waals surface area contributed by atoms with E-state index in [4.69, 9.17) is 0 Å². The van der Waals surface area contributed by atoms with Gasteiger partial charge in [-0.05, 0) is 67.6 Å². The lowest BCUT2D eigenvalue weighted by atomic mass is 9.83. The molecule has 2 heteroatoms. The summed E-state index contributed by atoms with van der Waals surface area (Å²) in [6.45, 7) is 0. The molecule has 192 valence electrons. The molecule has 7 aromatic rings. The molecule has 2 aliphatic rings. The van der Waals surface area contributed by atoms with Crippen LogP contribution in [0.2, 0.25) is 0 Å². The van der Waals surface area contributed by atoms with Gasteiger partial charge in [0.2, 0.25) is 0 Å². The van der Waals surface area contributed by atoms with E-state index in [1.54, 1.807) is 0 Å². The predicted molar refractivity (Wildman–Crippen MR) is 173 cm³/mol. The van der Waals surface area contributed by atoms with Crippen LogP contribution >= 0.6 is 0 Å². The third kappa shape index (κ3) is 3.19. The molecule has 1 atom stereocenters. The average Bonchev–Trinajstić information content (AvgIpc) is 3.45. The molecule has 0 fully saturated rings. The van der Waals surface area contributed by atoms with Crippen LogP contribution in [-0.2, 0) is 0 Å². The van der Waals surface area contributed by atoms with Crippen LogP contribution in [-0.4, -0.2) is 0 Å². The van der Waals surface area contributed by atoms with Gasteiger partial charge in [-0.2, -0.15) is 0 Å². The summed E-state index contributed by atoms with van der Waals surface area (Å²) in [6, 6.07) is 53.1. The highest BCUT2D eigenvalue weighted by atomic mass is 15.3. The van der Waals surface area contributed by atoms with Crippen molar-refractivity contribution in [3.63, 3.8) is 0 Å². The summed E-state index contributed by atoms with van der Waals surface area (Å²) in [5.41, 5.74) is 12.5. The van der Waals surface area contributed by atoms with Crippen molar-refractivity contribution in [3.05, 3.63) is 151 Å². The highest BCUT2D eigenvalue weighted by Crippen LogP contribution is 2.55. The summed E-state index contributed by atoms with van der Waals surface area (Å²) in [5.74, 6) is 0. The Morgan fingerprint density at radius 3 is 1.83 bits per heavy atom. The number of fused-ring (bicyclic) bond motifs is 11. The van der Waals surface area contributed by atoms with Crippen molar-refractivity contribution >= 4 is 38.6 Å². The Hall–Kier alpha value is -5.34. The number of hydrogen-bond donors (Lipinski definition) is 1. The van der Waals surface area contributed by atoms with Crippen LogP contribution in [0.25, 0.3) is 54.9 Å². The van der Waals surface area contributed by atoms with Gasteiger partial charge in [-0.1, -0.05) is 127 Å². The summed E-state index contributed by atoms with van der Waals surface area (Å²) in [4.78, 5) is 2.49. The summed E-state index contributed by atoms with van der Waals surface area (Å²) in [5, 5.41) is 8.94. The van der Waals surface area contributed by atoms with E-state index in [1.165, 1.54) is 77.6 Å². The molecule has 0 saturated heterocycles. The molecule has 1 N–H and O–H groups in total. The van der Waals surface area contributed by atoms with Crippen molar-refractivity contribution in [1.82, 2.24) is 0 Å². The van der Waals surface area contributed by atoms with Gasteiger partial charge in [-0.15, -0.1) is 0 Å². The molecule has 0 saturated carbocycles. The number of hydrogen-bond acceptors (Lipinski definition) is 2. The van der Waals surface area contributed by atoms with Crippen LogP contribution in [0, 0.1) is 0 Å². The number of nitrogens with zero attached hydrogens (tertiary/aromatic N) is 1. The topological polar surface area (TPSA) is 15.3 Å². The van der Waals surface area contributed by atoms with Crippen LogP contribution in [0.3, 0.4) is 0 Å². The Balaban J connectivity index is 1.39. The maximum Gasteiger partial charge on any atom is 0.131 e. The van der Waals surface area contributed by atoms with Crippen molar-refractivity contribution in [3.8, 4) is 33.4 Å². The molecule has 2 aliphatic heterocycles. The van der Waals surface area contributed by atoms with E-state index >= 15 is 0 Å². The standard InChI is InChI=1S/C39H26N2/c1-2-12-25(13-3-1)37-31-17-7-4-14-27(31)28-15-5-8-18-32(28)38(37)26-22-23-30-29-16-6-9-19-33(29)39-40-34-20-10-11-21-35(34)41(39)36(30)24-26/h1-24,39-40H. The molecule has 41 heavy (non-hydrogen) atoms. The van der Waals surface area contributed by atoms with E-state index in [9.17, 15) is 0 Å². The maximum atomic E-state index is 3.81. The van der Waals surface area contributed by atoms with Crippen LogP contribution in [0.1, 0.15) is 11.7 Å². The van der Waals surface area contributed by atoms with Gasteiger partial charge in [-0.25, -0.2) is 0 Å². The highest BCUT2D eigenvalue weighted by molar-refractivity contribution is 6.21. The monoisotopic (exact) mass is 522 g/mol. The minimum Gasteiger partial charge on any atom is -0.359 e. The second kappa shape index (κ2) is 8.58. The zero-order valence-electron chi connectivity index (χ0n) is 22.4. The Morgan fingerprint density at radius 1 is 0.439 bits per heavy atom. The molecule has 7 aromatic carbocycles. The lowest BCUT2D eigenvalue weighted by Crippen LogP contribution is -2.27. The number of rotatable bonds is 2. The molecule has 0 aliphatic carbocycles. The van der Waals surface area contributed by atoms with Gasteiger partial charge in [0.15, 0.2) is 0 Å².